The molecular formula is C23H25N5O2. The fraction of sp³-hybridized carbons (Fsp3) is 0.261. The molecule has 1 N–H and O–H groups in total. The monoisotopic (exact) mass is 403 g/mol. The summed E-state index contributed by atoms with van der Waals surface area (Å²) in [7, 11) is 0. The Bertz CT molecular complexity index is 1160. The Morgan fingerprint density at radius 1 is 1.17 bits per heavy atom. The molecule has 4 aromatic rings. The average Bonchev–Trinajstić information content (AvgIpc) is 3.34. The number of anilines is 1. The van der Waals surface area contributed by atoms with Gasteiger partial charge in [-0.2, -0.15) is 0 Å². The van der Waals surface area contributed by atoms with Crippen LogP contribution >= 0.6 is 0 Å². The van der Waals surface area contributed by atoms with Crippen LogP contribution in [0.15, 0.2) is 61.2 Å². The van der Waals surface area contributed by atoms with E-state index in [0.717, 1.165) is 29.9 Å². The highest BCUT2D eigenvalue weighted by Gasteiger charge is 2.19. The van der Waals surface area contributed by atoms with Gasteiger partial charge in [-0.3, -0.25) is 9.20 Å². The highest BCUT2D eigenvalue weighted by atomic mass is 16.5. The molecule has 1 amide bonds. The van der Waals surface area contributed by atoms with Crippen LogP contribution in [0.3, 0.4) is 0 Å². The van der Waals surface area contributed by atoms with Gasteiger partial charge in [0.25, 0.3) is 5.91 Å². The van der Waals surface area contributed by atoms with E-state index >= 15 is 0 Å². The number of hydrogen-bond donors (Lipinski definition) is 1. The van der Waals surface area contributed by atoms with Crippen LogP contribution in [0, 0.1) is 0 Å². The van der Waals surface area contributed by atoms with Crippen LogP contribution < -0.4 is 10.1 Å². The van der Waals surface area contributed by atoms with E-state index < -0.39 is 0 Å². The summed E-state index contributed by atoms with van der Waals surface area (Å²) >= 11 is 0. The highest BCUT2D eigenvalue weighted by molar-refractivity contribution is 6.08. The summed E-state index contributed by atoms with van der Waals surface area (Å²) in [5, 5.41) is 2.93. The van der Waals surface area contributed by atoms with Gasteiger partial charge >= 0.3 is 0 Å². The van der Waals surface area contributed by atoms with Crippen LogP contribution in [0.1, 0.15) is 37.7 Å². The number of imidazole rings is 2. The molecule has 0 saturated heterocycles. The molecule has 7 heteroatoms. The summed E-state index contributed by atoms with van der Waals surface area (Å²) < 4.78 is 9.57. The Labute approximate surface area is 175 Å². The maximum absolute atomic E-state index is 13.0. The number of carbonyl (C=O) groups excluding carboxylic acids is 1. The Hall–Kier alpha value is -3.61. The van der Waals surface area contributed by atoms with Crippen LogP contribution in [0.2, 0.25) is 0 Å². The number of benzene rings is 1. The van der Waals surface area contributed by atoms with Crippen molar-refractivity contribution in [1.82, 2.24) is 18.9 Å². The number of fused-ring (bicyclic) bond motifs is 1. The first-order valence-corrected chi connectivity index (χ1v) is 10.1. The molecule has 4 rings (SSSR count). The highest BCUT2D eigenvalue weighted by Crippen LogP contribution is 2.23. The van der Waals surface area contributed by atoms with Crippen molar-refractivity contribution in [2.75, 3.05) is 5.32 Å². The van der Waals surface area contributed by atoms with Gasteiger partial charge in [0.05, 0.1) is 17.9 Å². The van der Waals surface area contributed by atoms with Crippen molar-refractivity contribution in [2.45, 2.75) is 39.8 Å². The molecule has 0 aliphatic heterocycles. The SMILES string of the molecule is CCCn1cnc(-c2nc(C(=O)Nc3ccc(OC(C)C)cc3)c3ccccn23)c1. The van der Waals surface area contributed by atoms with Crippen molar-refractivity contribution in [3.8, 4) is 17.3 Å². The lowest BCUT2D eigenvalue weighted by Gasteiger charge is -2.10. The van der Waals surface area contributed by atoms with E-state index in [1.807, 2.05) is 77.7 Å². The number of ether oxygens (including phenoxy) is 1. The Morgan fingerprint density at radius 2 is 1.97 bits per heavy atom. The molecule has 3 aromatic heterocycles. The lowest BCUT2D eigenvalue weighted by Crippen LogP contribution is -2.13. The van der Waals surface area contributed by atoms with Crippen LogP contribution in [0.25, 0.3) is 17.0 Å². The Balaban J connectivity index is 1.63. The first-order valence-electron chi connectivity index (χ1n) is 10.1. The lowest BCUT2D eigenvalue weighted by atomic mass is 10.2. The molecule has 0 bridgehead atoms. The number of nitrogens with one attached hydrogen (secondary N) is 1. The zero-order valence-electron chi connectivity index (χ0n) is 17.4. The van der Waals surface area contributed by atoms with Gasteiger partial charge in [-0.25, -0.2) is 9.97 Å². The van der Waals surface area contributed by atoms with E-state index in [1.165, 1.54) is 0 Å². The second kappa shape index (κ2) is 8.41. The molecule has 7 nitrogen and oxygen atoms in total. The molecule has 0 fully saturated rings. The van der Waals surface area contributed by atoms with Crippen molar-refractivity contribution in [1.29, 1.82) is 0 Å². The van der Waals surface area contributed by atoms with Crippen molar-refractivity contribution in [3.05, 3.63) is 66.9 Å². The number of carbonyl (C=O) groups is 1. The summed E-state index contributed by atoms with van der Waals surface area (Å²) in [6.45, 7) is 6.96. The first kappa shape index (κ1) is 19.7. The van der Waals surface area contributed by atoms with Gasteiger partial charge in [-0.15, -0.1) is 0 Å². The van der Waals surface area contributed by atoms with E-state index in [1.54, 1.807) is 6.33 Å². The normalized spacial score (nSPS) is 11.2. The van der Waals surface area contributed by atoms with E-state index in [9.17, 15) is 4.79 Å². The third-order valence-corrected chi connectivity index (χ3v) is 4.59. The zero-order valence-corrected chi connectivity index (χ0v) is 17.4. The van der Waals surface area contributed by atoms with Gasteiger partial charge < -0.3 is 14.6 Å². The third kappa shape index (κ3) is 4.05. The molecule has 0 aliphatic rings. The number of pyridine rings is 1. The summed E-state index contributed by atoms with van der Waals surface area (Å²) in [4.78, 5) is 22.1. The van der Waals surface area contributed by atoms with E-state index in [2.05, 4.69) is 22.2 Å². The Morgan fingerprint density at radius 3 is 2.70 bits per heavy atom. The predicted octanol–water partition coefficient (Wildman–Crippen LogP) is 4.65. The van der Waals surface area contributed by atoms with E-state index in [-0.39, 0.29) is 12.0 Å². The maximum atomic E-state index is 13.0. The molecule has 0 aliphatic carbocycles. The molecule has 1 aromatic carbocycles. The van der Waals surface area contributed by atoms with Crippen molar-refractivity contribution in [2.24, 2.45) is 0 Å². The summed E-state index contributed by atoms with van der Waals surface area (Å²) in [6, 6.07) is 13.0. The molecule has 3 heterocycles. The number of amides is 1. The van der Waals surface area contributed by atoms with Crippen LogP contribution in [0.5, 0.6) is 5.75 Å². The molecule has 154 valence electrons. The standard InChI is InChI=1S/C23H25N5O2/c1-4-12-27-14-19(24-15-27)22-26-21(20-7-5-6-13-28(20)22)23(29)25-17-8-10-18(11-9-17)30-16(2)3/h5-11,13-16H,4,12H2,1-3H3,(H,25,29). The van der Waals surface area contributed by atoms with E-state index in [4.69, 9.17) is 4.74 Å². The average molecular weight is 403 g/mol. The minimum absolute atomic E-state index is 0.0987. The van der Waals surface area contributed by atoms with Crippen LogP contribution in [-0.2, 0) is 6.54 Å². The molecule has 0 saturated carbocycles. The molecule has 0 atom stereocenters. The minimum atomic E-state index is -0.268. The van der Waals surface area contributed by atoms with Crippen LogP contribution in [-0.4, -0.2) is 30.9 Å². The fourth-order valence-corrected chi connectivity index (χ4v) is 3.32. The van der Waals surface area contributed by atoms with Crippen molar-refractivity contribution < 1.29 is 9.53 Å². The number of aromatic nitrogens is 4. The number of rotatable bonds is 7. The van der Waals surface area contributed by atoms with Crippen molar-refractivity contribution >= 4 is 17.1 Å². The van der Waals surface area contributed by atoms with Gasteiger partial charge in [-0.1, -0.05) is 13.0 Å². The smallest absolute Gasteiger partial charge is 0.276 e. The number of hydrogen-bond acceptors (Lipinski definition) is 4. The molecular weight excluding hydrogens is 378 g/mol. The number of aryl methyl sites for hydroxylation is 1. The second-order valence-electron chi connectivity index (χ2n) is 7.38. The van der Waals surface area contributed by atoms with Gasteiger partial charge in [0.15, 0.2) is 11.5 Å². The molecule has 30 heavy (non-hydrogen) atoms. The summed E-state index contributed by atoms with van der Waals surface area (Å²) in [5.74, 6) is 1.14. The number of nitrogens with zero attached hydrogens (tertiary/aromatic N) is 4. The first-order chi connectivity index (χ1) is 14.5. The maximum Gasteiger partial charge on any atom is 0.276 e. The largest absolute Gasteiger partial charge is 0.491 e. The Kier molecular flexibility index (Phi) is 5.52. The third-order valence-electron chi connectivity index (χ3n) is 4.59. The molecule has 0 radical (unpaired) electrons. The predicted molar refractivity (Wildman–Crippen MR) is 117 cm³/mol. The zero-order chi connectivity index (χ0) is 21.1. The molecule has 0 unspecified atom stereocenters. The van der Waals surface area contributed by atoms with Gasteiger partial charge in [0.1, 0.15) is 11.4 Å². The van der Waals surface area contributed by atoms with Gasteiger partial charge in [0, 0.05) is 24.6 Å². The summed E-state index contributed by atoms with van der Waals surface area (Å²) in [6.07, 6.45) is 6.77. The van der Waals surface area contributed by atoms with Gasteiger partial charge in [-0.05, 0) is 56.7 Å². The topological polar surface area (TPSA) is 73.5 Å². The van der Waals surface area contributed by atoms with Crippen LogP contribution in [0.4, 0.5) is 5.69 Å². The summed E-state index contributed by atoms with van der Waals surface area (Å²) in [5.41, 5.74) is 2.51. The lowest BCUT2D eigenvalue weighted by molar-refractivity contribution is 0.102. The second-order valence-corrected chi connectivity index (χ2v) is 7.38. The van der Waals surface area contributed by atoms with E-state index in [0.29, 0.717) is 17.2 Å². The fourth-order valence-electron chi connectivity index (χ4n) is 3.32. The van der Waals surface area contributed by atoms with Crippen molar-refractivity contribution in [3.63, 3.8) is 0 Å². The molecule has 0 spiro atoms. The van der Waals surface area contributed by atoms with Gasteiger partial charge in [0.2, 0.25) is 0 Å². The quantitative estimate of drug-likeness (QED) is 0.488. The minimum Gasteiger partial charge on any atom is -0.491 e.